The summed E-state index contributed by atoms with van der Waals surface area (Å²) in [6, 6.07) is 1.49. The van der Waals surface area contributed by atoms with E-state index in [1.165, 1.54) is 13.4 Å². The maximum atomic E-state index is 12.0. The van der Waals surface area contributed by atoms with Crippen LogP contribution < -0.4 is 5.32 Å². The highest BCUT2D eigenvalue weighted by Crippen LogP contribution is 2.34. The van der Waals surface area contributed by atoms with Gasteiger partial charge in [-0.3, -0.25) is 9.59 Å². The van der Waals surface area contributed by atoms with E-state index < -0.39 is 0 Å². The van der Waals surface area contributed by atoms with Crippen LogP contribution >= 0.6 is 0 Å². The molecule has 0 radical (unpaired) electrons. The van der Waals surface area contributed by atoms with Crippen molar-refractivity contribution in [1.29, 1.82) is 0 Å². The van der Waals surface area contributed by atoms with E-state index in [2.05, 4.69) is 10.1 Å². The first-order valence-electron chi connectivity index (χ1n) is 6.03. The Balaban J connectivity index is 1.98. The molecule has 1 saturated carbocycles. The minimum atomic E-state index is -0.295. The number of rotatable bonds is 5. The van der Waals surface area contributed by atoms with Crippen molar-refractivity contribution in [1.82, 2.24) is 5.32 Å². The van der Waals surface area contributed by atoms with Crippen molar-refractivity contribution in [2.24, 2.45) is 5.92 Å². The van der Waals surface area contributed by atoms with Gasteiger partial charge >= 0.3 is 5.97 Å². The molecule has 1 aliphatic carbocycles. The summed E-state index contributed by atoms with van der Waals surface area (Å²) in [5, 5.41) is 2.89. The molecular weight excluding hydrogens is 234 g/mol. The zero-order valence-electron chi connectivity index (χ0n) is 10.6. The van der Waals surface area contributed by atoms with Gasteiger partial charge in [-0.25, -0.2) is 0 Å². The third-order valence-corrected chi connectivity index (χ3v) is 3.23. The second-order valence-electron chi connectivity index (χ2n) is 4.59. The van der Waals surface area contributed by atoms with Crippen LogP contribution in [0.2, 0.25) is 0 Å². The van der Waals surface area contributed by atoms with Crippen LogP contribution in [-0.4, -0.2) is 25.0 Å². The topological polar surface area (TPSA) is 68.5 Å². The van der Waals surface area contributed by atoms with E-state index in [4.69, 9.17) is 4.42 Å². The van der Waals surface area contributed by atoms with E-state index in [0.29, 0.717) is 17.2 Å². The van der Waals surface area contributed by atoms with Crippen molar-refractivity contribution in [3.63, 3.8) is 0 Å². The Morgan fingerprint density at radius 3 is 2.78 bits per heavy atom. The molecule has 1 aromatic heterocycles. The zero-order chi connectivity index (χ0) is 13.1. The van der Waals surface area contributed by atoms with Gasteiger partial charge < -0.3 is 14.5 Å². The summed E-state index contributed by atoms with van der Waals surface area (Å²) < 4.78 is 9.74. The van der Waals surface area contributed by atoms with Crippen LogP contribution in [0.15, 0.2) is 16.7 Å². The number of esters is 1. The van der Waals surface area contributed by atoms with Gasteiger partial charge in [-0.15, -0.1) is 0 Å². The van der Waals surface area contributed by atoms with Crippen LogP contribution in [0, 0.1) is 12.8 Å². The van der Waals surface area contributed by atoms with Crippen molar-refractivity contribution >= 4 is 11.9 Å². The predicted molar refractivity (Wildman–Crippen MR) is 64.1 cm³/mol. The number of methoxy groups -OCH3 is 1. The summed E-state index contributed by atoms with van der Waals surface area (Å²) >= 11 is 0. The van der Waals surface area contributed by atoms with Gasteiger partial charge in [0.25, 0.3) is 5.91 Å². The lowest BCUT2D eigenvalue weighted by Gasteiger charge is -2.16. The molecule has 0 spiro atoms. The lowest BCUT2D eigenvalue weighted by molar-refractivity contribution is -0.141. The standard InChI is InChI=1S/C13H17NO4/c1-8-10(5-6-18-8)13(16)14-11(9-3-4-9)7-12(15)17-2/h5-6,9,11H,3-4,7H2,1-2H3,(H,14,16)/t11-/m1/s1. The normalized spacial score (nSPS) is 16.1. The number of hydrogen-bond acceptors (Lipinski definition) is 4. The molecule has 2 rings (SSSR count). The molecule has 0 aliphatic heterocycles. The second kappa shape index (κ2) is 5.25. The lowest BCUT2D eigenvalue weighted by atomic mass is 10.1. The van der Waals surface area contributed by atoms with E-state index in [-0.39, 0.29) is 24.3 Å². The van der Waals surface area contributed by atoms with Crippen molar-refractivity contribution < 1.29 is 18.7 Å². The van der Waals surface area contributed by atoms with Crippen LogP contribution in [0.5, 0.6) is 0 Å². The third-order valence-electron chi connectivity index (χ3n) is 3.23. The minimum absolute atomic E-state index is 0.140. The van der Waals surface area contributed by atoms with Gasteiger partial charge in [0.05, 0.1) is 25.4 Å². The lowest BCUT2D eigenvalue weighted by Crippen LogP contribution is -2.38. The number of furan rings is 1. The molecule has 1 heterocycles. The van der Waals surface area contributed by atoms with Crippen LogP contribution in [0.1, 0.15) is 35.4 Å². The van der Waals surface area contributed by atoms with Gasteiger partial charge in [0.1, 0.15) is 5.76 Å². The van der Waals surface area contributed by atoms with Gasteiger partial charge in [0.2, 0.25) is 0 Å². The number of carbonyl (C=O) groups excluding carboxylic acids is 2. The number of amides is 1. The number of carbonyl (C=O) groups is 2. The van der Waals surface area contributed by atoms with E-state index in [0.717, 1.165) is 12.8 Å². The fraction of sp³-hybridized carbons (Fsp3) is 0.538. The first-order valence-corrected chi connectivity index (χ1v) is 6.03. The first kappa shape index (κ1) is 12.7. The molecule has 1 N–H and O–H groups in total. The maximum absolute atomic E-state index is 12.0. The Hall–Kier alpha value is -1.78. The van der Waals surface area contributed by atoms with Gasteiger partial charge in [0.15, 0.2) is 0 Å². The molecule has 1 amide bonds. The van der Waals surface area contributed by atoms with Gasteiger partial charge in [-0.2, -0.15) is 0 Å². The molecule has 5 heteroatoms. The Bertz CT molecular complexity index is 448. The van der Waals surface area contributed by atoms with E-state index in [1.807, 2.05) is 0 Å². The predicted octanol–water partition coefficient (Wildman–Crippen LogP) is 1.66. The summed E-state index contributed by atoms with van der Waals surface area (Å²) in [4.78, 5) is 23.3. The van der Waals surface area contributed by atoms with E-state index >= 15 is 0 Å². The quantitative estimate of drug-likeness (QED) is 0.808. The molecule has 98 valence electrons. The maximum Gasteiger partial charge on any atom is 0.307 e. The summed E-state index contributed by atoms with van der Waals surface area (Å²) in [6.45, 7) is 1.74. The number of hydrogen-bond donors (Lipinski definition) is 1. The minimum Gasteiger partial charge on any atom is -0.469 e. The second-order valence-corrected chi connectivity index (χ2v) is 4.59. The molecule has 0 unspecified atom stereocenters. The van der Waals surface area contributed by atoms with Crippen molar-refractivity contribution in [3.8, 4) is 0 Å². The van der Waals surface area contributed by atoms with E-state index in [1.54, 1.807) is 13.0 Å². The number of ether oxygens (including phenoxy) is 1. The fourth-order valence-electron chi connectivity index (χ4n) is 1.96. The summed E-state index contributed by atoms with van der Waals surface area (Å²) in [6.07, 6.45) is 3.80. The van der Waals surface area contributed by atoms with Crippen molar-refractivity contribution in [3.05, 3.63) is 23.7 Å². The van der Waals surface area contributed by atoms with Gasteiger partial charge in [-0.1, -0.05) is 0 Å². The number of nitrogens with one attached hydrogen (secondary N) is 1. The van der Waals surface area contributed by atoms with Crippen LogP contribution in [0.3, 0.4) is 0 Å². The average Bonchev–Trinajstić information content (AvgIpc) is 3.10. The SMILES string of the molecule is COC(=O)C[C@@H](NC(=O)c1ccoc1C)C1CC1. The average molecular weight is 251 g/mol. The van der Waals surface area contributed by atoms with Crippen molar-refractivity contribution in [2.75, 3.05) is 7.11 Å². The molecule has 18 heavy (non-hydrogen) atoms. The van der Waals surface area contributed by atoms with Gasteiger partial charge in [-0.05, 0) is 31.7 Å². The molecule has 1 fully saturated rings. The molecule has 1 atom stereocenters. The van der Waals surface area contributed by atoms with E-state index in [9.17, 15) is 9.59 Å². The van der Waals surface area contributed by atoms with Crippen molar-refractivity contribution in [2.45, 2.75) is 32.2 Å². The molecule has 0 aromatic carbocycles. The molecule has 0 bridgehead atoms. The highest BCUT2D eigenvalue weighted by molar-refractivity contribution is 5.95. The largest absolute Gasteiger partial charge is 0.469 e. The first-order chi connectivity index (χ1) is 8.61. The molecular formula is C13H17NO4. The Labute approximate surface area is 105 Å². The van der Waals surface area contributed by atoms with Crippen LogP contribution in [0.25, 0.3) is 0 Å². The third kappa shape index (κ3) is 2.91. The highest BCUT2D eigenvalue weighted by Gasteiger charge is 2.34. The Morgan fingerprint density at radius 2 is 2.28 bits per heavy atom. The zero-order valence-corrected chi connectivity index (χ0v) is 10.6. The smallest absolute Gasteiger partial charge is 0.307 e. The summed E-state index contributed by atoms with van der Waals surface area (Å²) in [7, 11) is 1.36. The van der Waals surface area contributed by atoms with Crippen LogP contribution in [-0.2, 0) is 9.53 Å². The Kier molecular flexibility index (Phi) is 3.69. The monoisotopic (exact) mass is 251 g/mol. The summed E-state index contributed by atoms with van der Waals surface area (Å²) in [5.41, 5.74) is 0.519. The fourth-order valence-corrected chi connectivity index (χ4v) is 1.96. The Morgan fingerprint density at radius 1 is 1.56 bits per heavy atom. The molecule has 1 aliphatic rings. The highest BCUT2D eigenvalue weighted by atomic mass is 16.5. The van der Waals surface area contributed by atoms with Gasteiger partial charge in [0, 0.05) is 6.04 Å². The molecule has 1 aromatic rings. The summed E-state index contributed by atoms with van der Waals surface area (Å²) in [5.74, 6) is 0.485. The van der Waals surface area contributed by atoms with Crippen LogP contribution in [0.4, 0.5) is 0 Å². The molecule has 5 nitrogen and oxygen atoms in total. The molecule has 0 saturated heterocycles. The number of aryl methyl sites for hydroxylation is 1.